The second-order valence-electron chi connectivity index (χ2n) is 6.71. The van der Waals surface area contributed by atoms with E-state index < -0.39 is 5.66 Å². The first-order valence-electron chi connectivity index (χ1n) is 8.20. The minimum Gasteiger partial charge on any atom is -0.296 e. The first-order chi connectivity index (χ1) is 10.7. The molecular weight excluding hydrogens is 317 g/mol. The zero-order valence-corrected chi connectivity index (χ0v) is 15.0. The maximum atomic E-state index is 13.5. The highest BCUT2D eigenvalue weighted by molar-refractivity contribution is 7.17. The SMILES string of the molecule is CCC(=O)N(CC1(C)CCCCC1)c1cccc(C(F)(F)P)n1. The third kappa shape index (κ3) is 4.69. The van der Waals surface area contributed by atoms with E-state index in [0.29, 0.717) is 18.8 Å². The molecule has 1 aliphatic rings. The molecule has 1 aliphatic carbocycles. The van der Waals surface area contributed by atoms with E-state index in [0.717, 1.165) is 25.7 Å². The van der Waals surface area contributed by atoms with Gasteiger partial charge >= 0.3 is 0 Å². The van der Waals surface area contributed by atoms with Gasteiger partial charge in [-0.3, -0.25) is 9.69 Å². The lowest BCUT2D eigenvalue weighted by Crippen LogP contribution is -2.41. The molecule has 1 saturated carbocycles. The molecule has 0 saturated heterocycles. The third-order valence-electron chi connectivity index (χ3n) is 4.56. The van der Waals surface area contributed by atoms with Gasteiger partial charge in [0.1, 0.15) is 11.5 Å². The van der Waals surface area contributed by atoms with Crippen molar-refractivity contribution in [3.05, 3.63) is 23.9 Å². The van der Waals surface area contributed by atoms with Crippen LogP contribution in [-0.4, -0.2) is 17.4 Å². The predicted molar refractivity (Wildman–Crippen MR) is 91.7 cm³/mol. The number of anilines is 1. The van der Waals surface area contributed by atoms with E-state index in [1.807, 2.05) is 0 Å². The molecule has 0 spiro atoms. The normalized spacial score (nSPS) is 17.8. The molecule has 0 bridgehead atoms. The van der Waals surface area contributed by atoms with E-state index in [1.54, 1.807) is 17.9 Å². The van der Waals surface area contributed by atoms with E-state index in [2.05, 4.69) is 11.9 Å². The Morgan fingerprint density at radius 3 is 2.57 bits per heavy atom. The average molecular weight is 342 g/mol. The Bertz CT molecular complexity index is 554. The van der Waals surface area contributed by atoms with Crippen LogP contribution in [0.3, 0.4) is 0 Å². The van der Waals surface area contributed by atoms with Crippen LogP contribution < -0.4 is 4.90 Å². The monoisotopic (exact) mass is 342 g/mol. The molecule has 1 aromatic heterocycles. The largest absolute Gasteiger partial charge is 0.300 e. The highest BCUT2D eigenvalue weighted by atomic mass is 31.0. The van der Waals surface area contributed by atoms with Crippen molar-refractivity contribution >= 4 is 21.0 Å². The van der Waals surface area contributed by atoms with Gasteiger partial charge in [-0.05, 0) is 30.4 Å². The second kappa shape index (κ2) is 7.21. The fraction of sp³-hybridized carbons (Fsp3) is 0.647. The van der Waals surface area contributed by atoms with E-state index in [1.165, 1.54) is 27.8 Å². The second-order valence-corrected chi connectivity index (χ2v) is 7.43. The average Bonchev–Trinajstić information content (AvgIpc) is 2.52. The lowest BCUT2D eigenvalue weighted by atomic mass is 9.75. The summed E-state index contributed by atoms with van der Waals surface area (Å²) in [4.78, 5) is 18.0. The summed E-state index contributed by atoms with van der Waals surface area (Å²) in [6.07, 6.45) is 5.98. The lowest BCUT2D eigenvalue weighted by Gasteiger charge is -2.38. The van der Waals surface area contributed by atoms with Crippen LogP contribution in [0.5, 0.6) is 0 Å². The van der Waals surface area contributed by atoms with Crippen molar-refractivity contribution in [2.45, 2.75) is 58.0 Å². The lowest BCUT2D eigenvalue weighted by molar-refractivity contribution is -0.118. The third-order valence-corrected chi connectivity index (χ3v) is 4.85. The van der Waals surface area contributed by atoms with Crippen LogP contribution in [0, 0.1) is 5.41 Å². The minimum absolute atomic E-state index is 0.0320. The zero-order valence-electron chi connectivity index (χ0n) is 13.8. The van der Waals surface area contributed by atoms with Gasteiger partial charge in [0.05, 0.1) is 0 Å². The van der Waals surface area contributed by atoms with Crippen molar-refractivity contribution in [1.29, 1.82) is 0 Å². The predicted octanol–water partition coefficient (Wildman–Crippen LogP) is 4.72. The van der Waals surface area contributed by atoms with Crippen molar-refractivity contribution < 1.29 is 13.6 Å². The Kier molecular flexibility index (Phi) is 5.72. The smallest absolute Gasteiger partial charge is 0.296 e. The summed E-state index contributed by atoms with van der Waals surface area (Å²) in [7, 11) is 1.50. The van der Waals surface area contributed by atoms with Gasteiger partial charge in [0.15, 0.2) is 0 Å². The van der Waals surface area contributed by atoms with Gasteiger partial charge in [-0.1, -0.05) is 48.4 Å². The number of aromatic nitrogens is 1. The van der Waals surface area contributed by atoms with E-state index in [-0.39, 0.29) is 17.0 Å². The molecule has 1 fully saturated rings. The molecule has 1 heterocycles. The molecule has 1 amide bonds. The molecule has 0 aliphatic heterocycles. The highest BCUT2D eigenvalue weighted by Crippen LogP contribution is 2.38. The molecule has 3 nitrogen and oxygen atoms in total. The Balaban J connectivity index is 2.30. The number of halogens is 2. The van der Waals surface area contributed by atoms with Gasteiger partial charge in [0.25, 0.3) is 5.66 Å². The molecule has 1 aromatic rings. The summed E-state index contributed by atoms with van der Waals surface area (Å²) < 4.78 is 27.0. The van der Waals surface area contributed by atoms with Gasteiger partial charge in [-0.15, -0.1) is 0 Å². The quantitative estimate of drug-likeness (QED) is 0.726. The fourth-order valence-electron chi connectivity index (χ4n) is 3.19. The van der Waals surface area contributed by atoms with E-state index in [9.17, 15) is 13.6 Å². The first kappa shape index (κ1) is 18.3. The van der Waals surface area contributed by atoms with Crippen molar-refractivity contribution in [2.75, 3.05) is 11.4 Å². The van der Waals surface area contributed by atoms with Crippen LogP contribution in [0.15, 0.2) is 18.2 Å². The molecular formula is C17H25F2N2OP. The summed E-state index contributed by atoms with van der Waals surface area (Å²) in [6.45, 7) is 4.50. The highest BCUT2D eigenvalue weighted by Gasteiger charge is 2.33. The van der Waals surface area contributed by atoms with Crippen LogP contribution in [-0.2, 0) is 10.5 Å². The molecule has 0 N–H and O–H groups in total. The van der Waals surface area contributed by atoms with Crippen molar-refractivity contribution in [3.8, 4) is 0 Å². The Hall–Kier alpha value is -1.09. The Morgan fingerprint density at radius 1 is 1.35 bits per heavy atom. The summed E-state index contributed by atoms with van der Waals surface area (Å²) in [5, 5.41) is 0. The number of hydrogen-bond donors (Lipinski definition) is 0. The van der Waals surface area contributed by atoms with Crippen LogP contribution in [0.25, 0.3) is 0 Å². The molecule has 0 radical (unpaired) electrons. The summed E-state index contributed by atoms with van der Waals surface area (Å²) in [5.41, 5.74) is -3.39. The maximum Gasteiger partial charge on any atom is 0.300 e. The fourth-order valence-corrected chi connectivity index (χ4v) is 3.35. The molecule has 1 unspecified atom stereocenters. The summed E-state index contributed by atoms with van der Waals surface area (Å²) >= 11 is 0. The number of carbonyl (C=O) groups is 1. The van der Waals surface area contributed by atoms with Gasteiger partial charge in [0.2, 0.25) is 5.91 Å². The van der Waals surface area contributed by atoms with Crippen molar-refractivity contribution in [3.63, 3.8) is 0 Å². The molecule has 0 aromatic carbocycles. The van der Waals surface area contributed by atoms with E-state index >= 15 is 0 Å². The standard InChI is InChI=1S/C17H25F2N2OP/c1-3-15(22)21(12-16(2)10-5-4-6-11-16)14-9-7-8-13(20-14)17(18,19)23/h7-9H,3-6,10-12,23H2,1-2H3. The van der Waals surface area contributed by atoms with Gasteiger partial charge < -0.3 is 0 Å². The van der Waals surface area contributed by atoms with Crippen LogP contribution in [0.1, 0.15) is 58.1 Å². The van der Waals surface area contributed by atoms with Crippen LogP contribution >= 0.6 is 9.24 Å². The number of carbonyl (C=O) groups excluding carboxylic acids is 1. The topological polar surface area (TPSA) is 33.2 Å². The van der Waals surface area contributed by atoms with Gasteiger partial charge in [-0.2, -0.15) is 8.78 Å². The number of amides is 1. The number of nitrogens with zero attached hydrogens (tertiary/aromatic N) is 2. The molecule has 2 rings (SSSR count). The van der Waals surface area contributed by atoms with Crippen LogP contribution in [0.2, 0.25) is 0 Å². The van der Waals surface area contributed by atoms with Gasteiger partial charge in [-0.25, -0.2) is 4.98 Å². The number of rotatable bonds is 5. The number of pyridine rings is 1. The summed E-state index contributed by atoms with van der Waals surface area (Å²) in [5.74, 6) is 0.247. The molecule has 1 atom stereocenters. The molecule has 6 heteroatoms. The minimum atomic E-state index is -3.09. The number of hydrogen-bond acceptors (Lipinski definition) is 2. The number of alkyl halides is 2. The zero-order chi connectivity index (χ0) is 17.1. The first-order valence-corrected chi connectivity index (χ1v) is 8.77. The van der Waals surface area contributed by atoms with Crippen LogP contribution in [0.4, 0.5) is 14.6 Å². The van der Waals surface area contributed by atoms with Gasteiger partial charge in [0, 0.05) is 13.0 Å². The Morgan fingerprint density at radius 2 is 2.00 bits per heavy atom. The maximum absolute atomic E-state index is 13.5. The van der Waals surface area contributed by atoms with Crippen molar-refractivity contribution in [2.24, 2.45) is 5.41 Å². The molecule has 128 valence electrons. The van der Waals surface area contributed by atoms with Crippen molar-refractivity contribution in [1.82, 2.24) is 4.98 Å². The molecule has 23 heavy (non-hydrogen) atoms. The Labute approximate surface area is 139 Å². The van der Waals surface area contributed by atoms with E-state index in [4.69, 9.17) is 0 Å². The summed E-state index contributed by atoms with van der Waals surface area (Å²) in [6, 6.07) is 4.46.